The van der Waals surface area contributed by atoms with Gasteiger partial charge in [-0.25, -0.2) is 0 Å². The van der Waals surface area contributed by atoms with Gasteiger partial charge in [-0.15, -0.1) is 0 Å². The molecule has 3 heterocycles. The van der Waals surface area contributed by atoms with E-state index >= 15 is 0 Å². The molecule has 2 bridgehead atoms. The van der Waals surface area contributed by atoms with Crippen molar-refractivity contribution in [1.29, 1.82) is 0 Å². The van der Waals surface area contributed by atoms with Crippen LogP contribution in [0, 0.1) is 6.92 Å². The molecule has 112 valence electrons. The van der Waals surface area contributed by atoms with Crippen LogP contribution in [0.5, 0.6) is 0 Å². The van der Waals surface area contributed by atoms with Gasteiger partial charge in [0, 0.05) is 31.7 Å². The van der Waals surface area contributed by atoms with Gasteiger partial charge in [0.25, 0.3) is 0 Å². The average Bonchev–Trinajstić information content (AvgIpc) is 2.91. The lowest BCUT2D eigenvalue weighted by Crippen LogP contribution is -2.48. The van der Waals surface area contributed by atoms with Crippen molar-refractivity contribution < 1.29 is 0 Å². The third kappa shape index (κ3) is 2.91. The normalized spacial score (nSPS) is 29.3. The highest BCUT2D eigenvalue weighted by Crippen LogP contribution is 2.30. The van der Waals surface area contributed by atoms with Crippen molar-refractivity contribution in [1.82, 2.24) is 20.0 Å². The molecular formula is C16H28N4. The Kier molecular flexibility index (Phi) is 4.13. The van der Waals surface area contributed by atoms with E-state index in [1.54, 1.807) is 0 Å². The quantitative estimate of drug-likeness (QED) is 0.895. The number of hydrogen-bond acceptors (Lipinski definition) is 3. The largest absolute Gasteiger partial charge is 0.311 e. The minimum Gasteiger partial charge on any atom is -0.311 e. The van der Waals surface area contributed by atoms with Gasteiger partial charge >= 0.3 is 0 Å². The van der Waals surface area contributed by atoms with Crippen molar-refractivity contribution in [2.24, 2.45) is 7.05 Å². The summed E-state index contributed by atoms with van der Waals surface area (Å²) in [4.78, 5) is 2.70. The lowest BCUT2D eigenvalue weighted by molar-refractivity contribution is 0.131. The van der Waals surface area contributed by atoms with Crippen molar-refractivity contribution in [3.8, 4) is 0 Å². The van der Waals surface area contributed by atoms with Crippen LogP contribution in [0.3, 0.4) is 0 Å². The van der Waals surface area contributed by atoms with Crippen LogP contribution in [0.4, 0.5) is 0 Å². The molecule has 1 aromatic heterocycles. The highest BCUT2D eigenvalue weighted by Gasteiger charge is 2.35. The third-order valence-corrected chi connectivity index (χ3v) is 4.94. The van der Waals surface area contributed by atoms with Gasteiger partial charge in [-0.2, -0.15) is 5.10 Å². The van der Waals surface area contributed by atoms with Gasteiger partial charge in [-0.1, -0.05) is 6.92 Å². The zero-order chi connectivity index (χ0) is 14.1. The zero-order valence-corrected chi connectivity index (χ0v) is 13.1. The van der Waals surface area contributed by atoms with Crippen molar-refractivity contribution in [2.75, 3.05) is 6.54 Å². The van der Waals surface area contributed by atoms with E-state index in [-0.39, 0.29) is 0 Å². The molecule has 1 N–H and O–H groups in total. The first-order chi connectivity index (χ1) is 9.65. The predicted octanol–water partition coefficient (Wildman–Crippen LogP) is 2.22. The summed E-state index contributed by atoms with van der Waals surface area (Å²) >= 11 is 0. The van der Waals surface area contributed by atoms with Gasteiger partial charge < -0.3 is 5.32 Å². The molecule has 0 spiro atoms. The second-order valence-electron chi connectivity index (χ2n) is 6.63. The molecular weight excluding hydrogens is 248 g/mol. The minimum atomic E-state index is 0.754. The van der Waals surface area contributed by atoms with E-state index in [1.807, 2.05) is 4.68 Å². The summed E-state index contributed by atoms with van der Waals surface area (Å²) in [5.41, 5.74) is 2.48. The van der Waals surface area contributed by atoms with Crippen LogP contribution >= 0.6 is 0 Å². The van der Waals surface area contributed by atoms with Crippen LogP contribution in [-0.4, -0.2) is 39.4 Å². The first-order valence-corrected chi connectivity index (χ1v) is 8.15. The Morgan fingerprint density at radius 3 is 2.60 bits per heavy atom. The first kappa shape index (κ1) is 14.1. The van der Waals surface area contributed by atoms with Crippen LogP contribution in [0.2, 0.25) is 0 Å². The second-order valence-corrected chi connectivity index (χ2v) is 6.63. The van der Waals surface area contributed by atoms with E-state index in [1.165, 1.54) is 44.3 Å². The molecule has 4 nitrogen and oxygen atoms in total. The van der Waals surface area contributed by atoms with E-state index in [9.17, 15) is 0 Å². The summed E-state index contributed by atoms with van der Waals surface area (Å²) in [7, 11) is 2.07. The fourth-order valence-electron chi connectivity index (χ4n) is 4.02. The Labute approximate surface area is 122 Å². The van der Waals surface area contributed by atoms with Crippen molar-refractivity contribution in [3.05, 3.63) is 17.5 Å². The van der Waals surface area contributed by atoms with Crippen LogP contribution in [-0.2, 0) is 13.6 Å². The molecule has 2 unspecified atom stereocenters. The van der Waals surface area contributed by atoms with Crippen LogP contribution in [0.25, 0.3) is 0 Å². The summed E-state index contributed by atoms with van der Waals surface area (Å²) in [5, 5.41) is 8.24. The molecule has 2 aliphatic rings. The molecule has 0 aliphatic carbocycles. The standard InChI is InChI=1S/C16H28N4/c1-4-7-20(11-16-8-12(2)18-19(16)3)15-9-13-5-6-14(10-15)17-13/h8,13-15,17H,4-7,9-11H2,1-3H3. The molecule has 0 radical (unpaired) electrons. The Morgan fingerprint density at radius 2 is 2.05 bits per heavy atom. The topological polar surface area (TPSA) is 33.1 Å². The lowest BCUT2D eigenvalue weighted by atomic mass is 9.97. The van der Waals surface area contributed by atoms with E-state index in [0.717, 1.165) is 30.4 Å². The third-order valence-electron chi connectivity index (χ3n) is 4.94. The first-order valence-electron chi connectivity index (χ1n) is 8.15. The fourth-order valence-corrected chi connectivity index (χ4v) is 4.02. The van der Waals surface area contributed by atoms with Crippen molar-refractivity contribution in [2.45, 2.75) is 70.6 Å². The van der Waals surface area contributed by atoms with Gasteiger partial charge in [-0.05, 0) is 51.6 Å². The average molecular weight is 276 g/mol. The summed E-state index contributed by atoms with van der Waals surface area (Å²) < 4.78 is 2.05. The van der Waals surface area contributed by atoms with Crippen molar-refractivity contribution in [3.63, 3.8) is 0 Å². The SMILES string of the molecule is CCCN(Cc1cc(C)nn1C)C1CC2CCC(C1)N2. The number of aromatic nitrogens is 2. The Hall–Kier alpha value is -0.870. The van der Waals surface area contributed by atoms with E-state index in [4.69, 9.17) is 0 Å². The van der Waals surface area contributed by atoms with Crippen LogP contribution in [0.1, 0.15) is 50.4 Å². The zero-order valence-electron chi connectivity index (χ0n) is 13.1. The monoisotopic (exact) mass is 276 g/mol. The highest BCUT2D eigenvalue weighted by atomic mass is 15.3. The summed E-state index contributed by atoms with van der Waals surface area (Å²) in [6, 6.07) is 4.53. The maximum Gasteiger partial charge on any atom is 0.0597 e. The van der Waals surface area contributed by atoms with Gasteiger partial charge in [0.05, 0.1) is 11.4 Å². The molecule has 3 rings (SSSR count). The smallest absolute Gasteiger partial charge is 0.0597 e. The van der Waals surface area contributed by atoms with Gasteiger partial charge in [-0.3, -0.25) is 9.58 Å². The summed E-state index contributed by atoms with van der Waals surface area (Å²) in [5.74, 6) is 0. The van der Waals surface area contributed by atoms with Gasteiger partial charge in [0.15, 0.2) is 0 Å². The molecule has 0 aromatic carbocycles. The second kappa shape index (κ2) is 5.86. The molecule has 1 aromatic rings. The van der Waals surface area contributed by atoms with E-state index in [2.05, 4.69) is 42.3 Å². The number of hydrogen-bond donors (Lipinski definition) is 1. The molecule has 4 heteroatoms. The van der Waals surface area contributed by atoms with Gasteiger partial charge in [0.1, 0.15) is 0 Å². The van der Waals surface area contributed by atoms with Crippen molar-refractivity contribution >= 4 is 0 Å². The Balaban J connectivity index is 1.70. The molecule has 2 aliphatic heterocycles. The summed E-state index contributed by atoms with van der Waals surface area (Å²) in [6.07, 6.45) is 6.65. The number of piperidine rings is 1. The molecule has 20 heavy (non-hydrogen) atoms. The Morgan fingerprint density at radius 1 is 1.35 bits per heavy atom. The fraction of sp³-hybridized carbons (Fsp3) is 0.812. The number of nitrogens with zero attached hydrogens (tertiary/aromatic N) is 3. The van der Waals surface area contributed by atoms with Crippen LogP contribution < -0.4 is 5.32 Å². The molecule has 2 fully saturated rings. The minimum absolute atomic E-state index is 0.754. The van der Waals surface area contributed by atoms with Gasteiger partial charge in [0.2, 0.25) is 0 Å². The molecule has 2 atom stereocenters. The van der Waals surface area contributed by atoms with Crippen LogP contribution in [0.15, 0.2) is 6.07 Å². The highest BCUT2D eigenvalue weighted by molar-refractivity contribution is 5.09. The predicted molar refractivity (Wildman–Crippen MR) is 81.6 cm³/mol. The number of fused-ring (bicyclic) bond motifs is 2. The summed E-state index contributed by atoms with van der Waals surface area (Å²) in [6.45, 7) is 6.62. The maximum atomic E-state index is 4.49. The molecule has 0 amide bonds. The van der Waals surface area contributed by atoms with E-state index < -0.39 is 0 Å². The molecule has 2 saturated heterocycles. The number of aryl methyl sites for hydroxylation is 2. The van der Waals surface area contributed by atoms with E-state index in [0.29, 0.717) is 0 Å². The molecule has 0 saturated carbocycles. The Bertz CT molecular complexity index is 441. The number of nitrogens with one attached hydrogen (secondary N) is 1. The number of rotatable bonds is 5. The lowest BCUT2D eigenvalue weighted by Gasteiger charge is -2.37. The maximum absolute atomic E-state index is 4.49.